The zero-order chi connectivity index (χ0) is 16.7. The van der Waals surface area contributed by atoms with Crippen molar-refractivity contribution in [2.24, 2.45) is 0 Å². The monoisotopic (exact) mass is 340 g/mol. The van der Waals surface area contributed by atoms with Gasteiger partial charge in [-0.05, 0) is 36.4 Å². The molecule has 2 aromatic heterocycles. The molecule has 0 aliphatic carbocycles. The minimum atomic E-state index is -0.657. The van der Waals surface area contributed by atoms with Gasteiger partial charge in [0.2, 0.25) is 5.91 Å². The zero-order valence-corrected chi connectivity index (χ0v) is 13.2. The summed E-state index contributed by atoms with van der Waals surface area (Å²) in [7, 11) is 0. The summed E-state index contributed by atoms with van der Waals surface area (Å²) in [6, 6.07) is 9.94. The third-order valence-electron chi connectivity index (χ3n) is 3.99. The van der Waals surface area contributed by atoms with E-state index >= 15 is 0 Å². The first-order chi connectivity index (χ1) is 11.6. The summed E-state index contributed by atoms with van der Waals surface area (Å²) in [6.07, 6.45) is 2.02. The van der Waals surface area contributed by atoms with Crippen LogP contribution in [0.5, 0.6) is 0 Å². The highest BCUT2D eigenvalue weighted by Gasteiger charge is 2.28. The number of benzene rings is 1. The number of anilines is 1. The highest BCUT2D eigenvalue weighted by Crippen LogP contribution is 2.22. The first-order valence-corrected chi connectivity index (χ1v) is 7.82. The van der Waals surface area contributed by atoms with E-state index in [2.05, 4.69) is 20.6 Å². The number of carbonyl (C=O) groups is 2. The predicted molar refractivity (Wildman–Crippen MR) is 91.1 cm³/mol. The Morgan fingerprint density at radius 1 is 1.29 bits per heavy atom. The van der Waals surface area contributed by atoms with Crippen LogP contribution in [0.15, 0.2) is 42.6 Å². The molecule has 6 nitrogen and oxygen atoms in total. The summed E-state index contributed by atoms with van der Waals surface area (Å²) in [5.74, 6) is -0.593. The summed E-state index contributed by atoms with van der Waals surface area (Å²) in [6.45, 7) is 0. The van der Waals surface area contributed by atoms with Gasteiger partial charge in [-0.3, -0.25) is 14.6 Å². The summed E-state index contributed by atoms with van der Waals surface area (Å²) >= 11 is 5.96. The second kappa shape index (κ2) is 5.65. The maximum absolute atomic E-state index is 12.4. The van der Waals surface area contributed by atoms with Crippen molar-refractivity contribution in [1.29, 1.82) is 0 Å². The lowest BCUT2D eigenvalue weighted by Crippen LogP contribution is -2.47. The number of aromatic nitrogens is 2. The van der Waals surface area contributed by atoms with E-state index in [1.165, 1.54) is 0 Å². The second-order valence-corrected chi connectivity index (χ2v) is 6.07. The molecule has 4 rings (SSSR count). The number of hydrogen-bond donors (Lipinski definition) is 3. The third-order valence-corrected chi connectivity index (χ3v) is 4.23. The number of hydrogen-bond acceptors (Lipinski definition) is 3. The summed E-state index contributed by atoms with van der Waals surface area (Å²) in [5.41, 5.74) is 2.63. The van der Waals surface area contributed by atoms with Gasteiger partial charge in [0.15, 0.2) is 0 Å². The van der Waals surface area contributed by atoms with Crippen molar-refractivity contribution in [3.8, 4) is 0 Å². The Kier molecular flexibility index (Phi) is 3.46. The van der Waals surface area contributed by atoms with Gasteiger partial charge in [0.1, 0.15) is 11.7 Å². The van der Waals surface area contributed by atoms with E-state index in [1.54, 1.807) is 36.5 Å². The molecule has 7 heteroatoms. The molecule has 3 aromatic rings. The molecule has 0 radical (unpaired) electrons. The fraction of sp³-hybridized carbons (Fsp3) is 0.118. The number of carbonyl (C=O) groups excluding carboxylic acids is 2. The molecular weight excluding hydrogens is 328 g/mol. The Labute approximate surface area is 142 Å². The lowest BCUT2D eigenvalue weighted by Gasteiger charge is -2.24. The van der Waals surface area contributed by atoms with Gasteiger partial charge in [-0.25, -0.2) is 0 Å². The third kappa shape index (κ3) is 2.61. The summed E-state index contributed by atoms with van der Waals surface area (Å²) < 4.78 is 0. The SMILES string of the molecule is O=C(NC1Cc2ncccc2NC1=O)c1cc2cc(Cl)ccc2[nH]1. The Bertz CT molecular complexity index is 966. The minimum Gasteiger partial charge on any atom is -0.351 e. The molecule has 0 saturated carbocycles. The number of rotatable bonds is 2. The molecule has 1 aliphatic rings. The van der Waals surface area contributed by atoms with Crippen molar-refractivity contribution in [3.63, 3.8) is 0 Å². The van der Waals surface area contributed by atoms with Crippen LogP contribution in [0.4, 0.5) is 5.69 Å². The topological polar surface area (TPSA) is 86.9 Å². The van der Waals surface area contributed by atoms with Gasteiger partial charge in [-0.1, -0.05) is 11.6 Å². The molecule has 0 bridgehead atoms. The first-order valence-electron chi connectivity index (χ1n) is 7.44. The number of fused-ring (bicyclic) bond motifs is 2. The Morgan fingerprint density at radius 2 is 2.17 bits per heavy atom. The normalized spacial score (nSPS) is 16.5. The number of amides is 2. The molecule has 1 unspecified atom stereocenters. The van der Waals surface area contributed by atoms with E-state index in [4.69, 9.17) is 11.6 Å². The maximum atomic E-state index is 12.4. The molecule has 1 aromatic carbocycles. The van der Waals surface area contributed by atoms with Crippen LogP contribution >= 0.6 is 11.6 Å². The first kappa shape index (κ1) is 14.7. The average molecular weight is 341 g/mol. The minimum absolute atomic E-state index is 0.247. The van der Waals surface area contributed by atoms with E-state index in [9.17, 15) is 9.59 Å². The van der Waals surface area contributed by atoms with Crippen LogP contribution in [0, 0.1) is 0 Å². The van der Waals surface area contributed by atoms with Gasteiger partial charge in [-0.15, -0.1) is 0 Å². The van der Waals surface area contributed by atoms with Crippen LogP contribution in [-0.2, 0) is 11.2 Å². The zero-order valence-electron chi connectivity index (χ0n) is 12.5. The number of H-pyrrole nitrogens is 1. The Hall–Kier alpha value is -2.86. The summed E-state index contributed by atoms with van der Waals surface area (Å²) in [4.78, 5) is 31.9. The molecule has 0 spiro atoms. The highest BCUT2D eigenvalue weighted by atomic mass is 35.5. The van der Waals surface area contributed by atoms with Crippen LogP contribution in [0.3, 0.4) is 0 Å². The molecule has 3 N–H and O–H groups in total. The van der Waals surface area contributed by atoms with Crippen molar-refractivity contribution >= 4 is 40.0 Å². The molecular formula is C17H13ClN4O2. The van der Waals surface area contributed by atoms with Gasteiger partial charge in [-0.2, -0.15) is 0 Å². The Balaban J connectivity index is 1.56. The molecule has 0 saturated heterocycles. The largest absolute Gasteiger partial charge is 0.351 e. The van der Waals surface area contributed by atoms with Crippen molar-refractivity contribution in [2.45, 2.75) is 12.5 Å². The maximum Gasteiger partial charge on any atom is 0.268 e. The van der Waals surface area contributed by atoms with Crippen LogP contribution < -0.4 is 10.6 Å². The van der Waals surface area contributed by atoms with Crippen molar-refractivity contribution in [1.82, 2.24) is 15.3 Å². The van der Waals surface area contributed by atoms with Crippen molar-refractivity contribution in [2.75, 3.05) is 5.32 Å². The van der Waals surface area contributed by atoms with Crippen LogP contribution in [0.2, 0.25) is 5.02 Å². The Morgan fingerprint density at radius 3 is 3.04 bits per heavy atom. The quantitative estimate of drug-likeness (QED) is 0.670. The smallest absolute Gasteiger partial charge is 0.268 e. The van der Waals surface area contributed by atoms with Crippen molar-refractivity contribution < 1.29 is 9.59 Å². The van der Waals surface area contributed by atoms with Gasteiger partial charge in [0, 0.05) is 28.5 Å². The number of aromatic amines is 1. The number of nitrogens with zero attached hydrogens (tertiary/aromatic N) is 1. The molecule has 1 atom stereocenters. The summed E-state index contributed by atoms with van der Waals surface area (Å²) in [5, 5.41) is 6.94. The van der Waals surface area contributed by atoms with E-state index in [-0.39, 0.29) is 11.8 Å². The molecule has 1 aliphatic heterocycles. The molecule has 120 valence electrons. The van der Waals surface area contributed by atoms with Crippen LogP contribution in [-0.4, -0.2) is 27.8 Å². The van der Waals surface area contributed by atoms with E-state index in [1.807, 2.05) is 6.07 Å². The van der Waals surface area contributed by atoms with Crippen LogP contribution in [0.25, 0.3) is 10.9 Å². The van der Waals surface area contributed by atoms with E-state index < -0.39 is 6.04 Å². The highest BCUT2D eigenvalue weighted by molar-refractivity contribution is 6.31. The van der Waals surface area contributed by atoms with Gasteiger partial charge >= 0.3 is 0 Å². The average Bonchev–Trinajstić information content (AvgIpc) is 2.98. The lowest BCUT2D eigenvalue weighted by atomic mass is 10.0. The van der Waals surface area contributed by atoms with Gasteiger partial charge < -0.3 is 15.6 Å². The molecule has 24 heavy (non-hydrogen) atoms. The molecule has 0 fully saturated rings. The van der Waals surface area contributed by atoms with Crippen molar-refractivity contribution in [3.05, 3.63) is 59.0 Å². The van der Waals surface area contributed by atoms with Crippen LogP contribution in [0.1, 0.15) is 16.2 Å². The fourth-order valence-electron chi connectivity index (χ4n) is 2.80. The standard InChI is InChI=1S/C17H13ClN4O2/c18-10-3-4-11-9(6-10)7-14(20-11)16(23)22-15-8-13-12(21-17(15)24)2-1-5-19-13/h1-7,15,20H,8H2,(H,21,24)(H,22,23). The second-order valence-electron chi connectivity index (χ2n) is 5.63. The number of pyridine rings is 1. The van der Waals surface area contributed by atoms with E-state index in [0.29, 0.717) is 22.8 Å². The van der Waals surface area contributed by atoms with Gasteiger partial charge in [0.05, 0.1) is 11.4 Å². The van der Waals surface area contributed by atoms with E-state index in [0.717, 1.165) is 16.6 Å². The van der Waals surface area contributed by atoms with Gasteiger partial charge in [0.25, 0.3) is 5.91 Å². The molecule has 2 amide bonds. The fourth-order valence-corrected chi connectivity index (χ4v) is 2.98. The molecule has 3 heterocycles. The number of halogens is 1. The lowest BCUT2D eigenvalue weighted by molar-refractivity contribution is -0.118. The number of nitrogens with one attached hydrogen (secondary N) is 3. The predicted octanol–water partition coefficient (Wildman–Crippen LogP) is 2.51.